The summed E-state index contributed by atoms with van der Waals surface area (Å²) >= 11 is 0. The Kier molecular flexibility index (Phi) is 3.97. The third kappa shape index (κ3) is 2.53. The van der Waals surface area contributed by atoms with E-state index in [9.17, 15) is 9.59 Å². The second-order valence-electron chi connectivity index (χ2n) is 4.29. The fourth-order valence-electron chi connectivity index (χ4n) is 2.25. The Morgan fingerprint density at radius 3 is 2.78 bits per heavy atom. The first kappa shape index (κ1) is 12.6. The van der Waals surface area contributed by atoms with Crippen molar-refractivity contribution in [1.29, 1.82) is 0 Å². The van der Waals surface area contributed by atoms with Gasteiger partial charge in [0.25, 0.3) is 0 Å². The Labute approximate surface area is 107 Å². The molecule has 0 N–H and O–H groups in total. The van der Waals surface area contributed by atoms with Gasteiger partial charge in [0.15, 0.2) is 0 Å². The lowest BCUT2D eigenvalue weighted by Gasteiger charge is -2.30. The molecular weight excluding hydrogens is 230 g/mol. The van der Waals surface area contributed by atoms with Gasteiger partial charge in [-0.05, 0) is 25.3 Å². The summed E-state index contributed by atoms with van der Waals surface area (Å²) in [5.74, 6) is -0.366. The van der Waals surface area contributed by atoms with Crippen LogP contribution in [0.2, 0.25) is 0 Å². The van der Waals surface area contributed by atoms with E-state index in [-0.39, 0.29) is 11.8 Å². The van der Waals surface area contributed by atoms with Crippen molar-refractivity contribution < 1.29 is 14.3 Å². The fourth-order valence-corrected chi connectivity index (χ4v) is 2.25. The van der Waals surface area contributed by atoms with E-state index in [2.05, 4.69) is 0 Å². The maximum atomic E-state index is 12.3. The van der Waals surface area contributed by atoms with E-state index >= 15 is 0 Å². The number of rotatable bonds is 2. The predicted octanol–water partition coefficient (Wildman–Crippen LogP) is 2.55. The predicted molar refractivity (Wildman–Crippen MR) is 67.2 cm³/mol. The molecule has 4 nitrogen and oxygen atoms in total. The standard InChI is InChI=1S/C14H17NO3/c1-2-18-14(17)15-10-6-9-12(13(15)16)11-7-4-3-5-8-11/h3-5,7-8,12H,2,6,9-10H2,1H3/t12-/m1/s1. The van der Waals surface area contributed by atoms with Gasteiger partial charge in [0.1, 0.15) is 0 Å². The van der Waals surface area contributed by atoms with Gasteiger partial charge in [0.2, 0.25) is 5.91 Å². The highest BCUT2D eigenvalue weighted by Gasteiger charge is 2.34. The van der Waals surface area contributed by atoms with Gasteiger partial charge in [-0.15, -0.1) is 0 Å². The minimum atomic E-state index is -0.525. The molecule has 2 amide bonds. The maximum Gasteiger partial charge on any atom is 0.416 e. The molecule has 1 saturated heterocycles. The van der Waals surface area contributed by atoms with Crippen LogP contribution in [0, 0.1) is 0 Å². The lowest BCUT2D eigenvalue weighted by molar-refractivity contribution is -0.133. The molecule has 1 aromatic carbocycles. The zero-order chi connectivity index (χ0) is 13.0. The zero-order valence-corrected chi connectivity index (χ0v) is 10.5. The molecule has 0 radical (unpaired) electrons. The third-order valence-electron chi connectivity index (χ3n) is 3.13. The summed E-state index contributed by atoms with van der Waals surface area (Å²) in [4.78, 5) is 25.2. The molecule has 1 fully saturated rings. The van der Waals surface area contributed by atoms with Crippen molar-refractivity contribution in [2.45, 2.75) is 25.7 Å². The van der Waals surface area contributed by atoms with Gasteiger partial charge in [-0.3, -0.25) is 4.79 Å². The van der Waals surface area contributed by atoms with E-state index in [1.54, 1.807) is 6.92 Å². The second kappa shape index (κ2) is 5.67. The molecule has 18 heavy (non-hydrogen) atoms. The van der Waals surface area contributed by atoms with Gasteiger partial charge in [-0.25, -0.2) is 9.69 Å². The van der Waals surface area contributed by atoms with E-state index in [0.29, 0.717) is 13.2 Å². The normalized spacial score (nSPS) is 19.7. The topological polar surface area (TPSA) is 46.6 Å². The summed E-state index contributed by atoms with van der Waals surface area (Å²) in [7, 11) is 0. The largest absolute Gasteiger partial charge is 0.449 e. The number of carbonyl (C=O) groups is 2. The Hall–Kier alpha value is -1.84. The minimum absolute atomic E-state index is 0.147. The summed E-state index contributed by atoms with van der Waals surface area (Å²) in [5.41, 5.74) is 0.969. The Morgan fingerprint density at radius 2 is 2.11 bits per heavy atom. The van der Waals surface area contributed by atoms with Crippen LogP contribution in [0.1, 0.15) is 31.2 Å². The summed E-state index contributed by atoms with van der Waals surface area (Å²) in [6.45, 7) is 2.49. The summed E-state index contributed by atoms with van der Waals surface area (Å²) in [6, 6.07) is 9.59. The van der Waals surface area contributed by atoms with Crippen LogP contribution in [-0.2, 0) is 9.53 Å². The molecule has 0 unspecified atom stereocenters. The average molecular weight is 247 g/mol. The summed E-state index contributed by atoms with van der Waals surface area (Å²) < 4.78 is 4.90. The lowest BCUT2D eigenvalue weighted by Crippen LogP contribution is -2.44. The molecule has 1 aromatic rings. The van der Waals surface area contributed by atoms with Gasteiger partial charge < -0.3 is 4.74 Å². The highest BCUT2D eigenvalue weighted by atomic mass is 16.6. The number of piperidine rings is 1. The van der Waals surface area contributed by atoms with Crippen LogP contribution in [0.4, 0.5) is 4.79 Å². The van der Waals surface area contributed by atoms with E-state index < -0.39 is 6.09 Å². The minimum Gasteiger partial charge on any atom is -0.449 e. The van der Waals surface area contributed by atoms with Gasteiger partial charge in [-0.2, -0.15) is 0 Å². The number of hydrogen-bond acceptors (Lipinski definition) is 3. The molecule has 0 saturated carbocycles. The SMILES string of the molecule is CCOC(=O)N1CCC[C@H](c2ccccc2)C1=O. The van der Waals surface area contributed by atoms with Crippen molar-refractivity contribution in [3.63, 3.8) is 0 Å². The summed E-state index contributed by atoms with van der Waals surface area (Å²) in [5, 5.41) is 0. The molecular formula is C14H17NO3. The molecule has 0 aliphatic carbocycles. The summed E-state index contributed by atoms with van der Waals surface area (Å²) in [6.07, 6.45) is 1.09. The van der Waals surface area contributed by atoms with Crippen molar-refractivity contribution in [2.24, 2.45) is 0 Å². The molecule has 0 bridgehead atoms. The van der Waals surface area contributed by atoms with Gasteiger partial charge in [0.05, 0.1) is 12.5 Å². The molecule has 2 rings (SSSR count). The molecule has 0 aromatic heterocycles. The van der Waals surface area contributed by atoms with E-state index in [1.165, 1.54) is 4.90 Å². The second-order valence-corrected chi connectivity index (χ2v) is 4.29. The van der Waals surface area contributed by atoms with Crippen LogP contribution in [0.3, 0.4) is 0 Å². The molecule has 96 valence electrons. The number of amides is 2. The third-order valence-corrected chi connectivity index (χ3v) is 3.13. The first-order chi connectivity index (χ1) is 8.74. The first-order valence-corrected chi connectivity index (χ1v) is 6.27. The average Bonchev–Trinajstić information content (AvgIpc) is 2.40. The van der Waals surface area contributed by atoms with Gasteiger partial charge >= 0.3 is 6.09 Å². The molecule has 1 aliphatic heterocycles. The highest BCUT2D eigenvalue weighted by molar-refractivity contribution is 5.96. The van der Waals surface area contributed by atoms with Crippen LogP contribution in [0.5, 0.6) is 0 Å². The van der Waals surface area contributed by atoms with Crippen molar-refractivity contribution >= 4 is 12.0 Å². The van der Waals surface area contributed by atoms with Crippen molar-refractivity contribution in [1.82, 2.24) is 4.90 Å². The van der Waals surface area contributed by atoms with E-state index in [0.717, 1.165) is 18.4 Å². The molecule has 4 heteroatoms. The van der Waals surface area contributed by atoms with Crippen molar-refractivity contribution in [3.8, 4) is 0 Å². The number of carbonyl (C=O) groups excluding carboxylic acids is 2. The number of ether oxygens (including phenoxy) is 1. The number of imide groups is 1. The number of likely N-dealkylation sites (tertiary alicyclic amines) is 1. The van der Waals surface area contributed by atoms with E-state index in [1.807, 2.05) is 30.3 Å². The van der Waals surface area contributed by atoms with Crippen LogP contribution >= 0.6 is 0 Å². The van der Waals surface area contributed by atoms with Gasteiger partial charge in [0, 0.05) is 6.54 Å². The van der Waals surface area contributed by atoms with E-state index in [4.69, 9.17) is 4.74 Å². The smallest absolute Gasteiger partial charge is 0.416 e. The lowest BCUT2D eigenvalue weighted by atomic mass is 9.90. The molecule has 1 aliphatic rings. The first-order valence-electron chi connectivity index (χ1n) is 6.27. The number of hydrogen-bond donors (Lipinski definition) is 0. The Bertz CT molecular complexity index is 430. The highest BCUT2D eigenvalue weighted by Crippen LogP contribution is 2.28. The Balaban J connectivity index is 2.15. The quantitative estimate of drug-likeness (QED) is 0.806. The Morgan fingerprint density at radius 1 is 1.39 bits per heavy atom. The zero-order valence-electron chi connectivity index (χ0n) is 10.5. The van der Waals surface area contributed by atoms with Crippen molar-refractivity contribution in [2.75, 3.05) is 13.2 Å². The van der Waals surface area contributed by atoms with Crippen LogP contribution in [0.15, 0.2) is 30.3 Å². The van der Waals surface area contributed by atoms with Crippen LogP contribution in [-0.4, -0.2) is 30.1 Å². The molecule has 1 atom stereocenters. The van der Waals surface area contributed by atoms with Gasteiger partial charge in [-0.1, -0.05) is 30.3 Å². The van der Waals surface area contributed by atoms with Crippen LogP contribution in [0.25, 0.3) is 0 Å². The molecule has 0 spiro atoms. The number of benzene rings is 1. The maximum absolute atomic E-state index is 12.3. The molecule has 1 heterocycles. The van der Waals surface area contributed by atoms with Crippen molar-refractivity contribution in [3.05, 3.63) is 35.9 Å². The fraction of sp³-hybridized carbons (Fsp3) is 0.429. The monoisotopic (exact) mass is 247 g/mol. The number of nitrogens with zero attached hydrogens (tertiary/aromatic N) is 1. The van der Waals surface area contributed by atoms with Crippen LogP contribution < -0.4 is 0 Å².